The summed E-state index contributed by atoms with van der Waals surface area (Å²) >= 11 is 0. The van der Waals surface area contributed by atoms with Gasteiger partial charge in [0.15, 0.2) is 22.4 Å². The second-order valence-electron chi connectivity index (χ2n) is 7.80. The van der Waals surface area contributed by atoms with Gasteiger partial charge in [-0.15, -0.1) is 0 Å². The third kappa shape index (κ3) is 5.05. The summed E-state index contributed by atoms with van der Waals surface area (Å²) in [6.07, 6.45) is 8.63. The molecule has 0 fully saturated rings. The largest absolute Gasteiger partial charge is 0.385 e. The highest BCUT2D eigenvalue weighted by Crippen LogP contribution is 2.33. The first-order valence-electron chi connectivity index (χ1n) is 7.93. The van der Waals surface area contributed by atoms with E-state index in [-0.39, 0.29) is 0 Å². The highest BCUT2D eigenvalue weighted by Gasteiger charge is 2.38. The maximum atomic E-state index is 6.40. The first kappa shape index (κ1) is 17.4. The van der Waals surface area contributed by atoms with E-state index in [9.17, 15) is 0 Å². The molecule has 22 heavy (non-hydrogen) atoms. The van der Waals surface area contributed by atoms with Crippen molar-refractivity contribution < 1.29 is 8.85 Å². The number of hydrogen-bond donors (Lipinski definition) is 0. The van der Waals surface area contributed by atoms with Crippen LogP contribution in [0.15, 0.2) is 54.6 Å². The Balaban J connectivity index is 2.25. The lowest BCUT2D eigenvalue weighted by atomic mass is 9.93. The molecule has 2 rings (SSSR count). The molecule has 120 valence electrons. The fourth-order valence-electron chi connectivity index (χ4n) is 2.61. The Labute approximate surface area is 137 Å². The average molecular weight is 333 g/mol. The van der Waals surface area contributed by atoms with E-state index in [4.69, 9.17) is 8.85 Å². The smallest absolute Gasteiger partial charge is 0.189 e. The third-order valence-corrected chi connectivity index (χ3v) is 5.05. The molecule has 0 radical (unpaired) electrons. The van der Waals surface area contributed by atoms with E-state index in [0.717, 1.165) is 0 Å². The van der Waals surface area contributed by atoms with Gasteiger partial charge in [0.25, 0.3) is 0 Å². The Hall–Kier alpha value is -0.946. The van der Waals surface area contributed by atoms with Gasteiger partial charge >= 0.3 is 0 Å². The lowest BCUT2D eigenvalue weighted by molar-refractivity contribution is -0.0426. The van der Waals surface area contributed by atoms with Gasteiger partial charge in [-0.1, -0.05) is 42.5 Å². The molecule has 1 aromatic carbocycles. The van der Waals surface area contributed by atoms with Crippen LogP contribution in [0, 0.1) is 0 Å². The summed E-state index contributed by atoms with van der Waals surface area (Å²) in [6, 6.07) is 10.5. The predicted molar refractivity (Wildman–Crippen MR) is 99.1 cm³/mol. The molecule has 0 bridgehead atoms. The minimum atomic E-state index is -1.72. The number of rotatable bonds is 5. The Morgan fingerprint density at radius 1 is 0.773 bits per heavy atom. The first-order chi connectivity index (χ1) is 10.1. The van der Waals surface area contributed by atoms with Gasteiger partial charge in [-0.2, -0.15) is 0 Å². The van der Waals surface area contributed by atoms with Gasteiger partial charge in [0, 0.05) is 5.92 Å². The fourth-order valence-corrected chi connectivity index (χ4v) is 4.96. The summed E-state index contributed by atoms with van der Waals surface area (Å²) in [4.78, 5) is 0. The molecule has 0 aromatic heterocycles. The van der Waals surface area contributed by atoms with E-state index in [2.05, 4.69) is 87.9 Å². The van der Waals surface area contributed by atoms with Crippen LogP contribution >= 0.6 is 0 Å². The minimum absolute atomic E-state index is 0.296. The van der Waals surface area contributed by atoms with E-state index < -0.39 is 22.4 Å². The molecule has 1 aliphatic rings. The van der Waals surface area contributed by atoms with E-state index >= 15 is 0 Å². The summed E-state index contributed by atoms with van der Waals surface area (Å²) in [5.41, 5.74) is 1.30. The number of benzene rings is 1. The second-order valence-corrected chi connectivity index (χ2v) is 16.7. The van der Waals surface area contributed by atoms with Crippen LogP contribution in [-0.2, 0) is 8.85 Å². The van der Waals surface area contributed by atoms with Crippen LogP contribution in [0.4, 0.5) is 0 Å². The number of hydrogen-bond acceptors (Lipinski definition) is 2. The van der Waals surface area contributed by atoms with E-state index in [1.165, 1.54) is 5.56 Å². The average Bonchev–Trinajstić information content (AvgIpc) is 2.36. The first-order valence-corrected chi connectivity index (χ1v) is 14.7. The highest BCUT2D eigenvalue weighted by atomic mass is 28.4. The normalized spacial score (nSPS) is 18.6. The van der Waals surface area contributed by atoms with Gasteiger partial charge in [0.2, 0.25) is 0 Å². The van der Waals surface area contributed by atoms with Crippen LogP contribution in [-0.4, -0.2) is 22.4 Å². The molecule has 4 heteroatoms. The fraction of sp³-hybridized carbons (Fsp3) is 0.444. The van der Waals surface area contributed by atoms with Crippen LogP contribution in [0.3, 0.4) is 0 Å². The third-order valence-electron chi connectivity index (χ3n) is 3.19. The van der Waals surface area contributed by atoms with E-state index in [1.807, 2.05) is 6.07 Å². The Kier molecular flexibility index (Phi) is 4.97. The van der Waals surface area contributed by atoms with Crippen molar-refractivity contribution in [2.24, 2.45) is 0 Å². The van der Waals surface area contributed by atoms with Gasteiger partial charge in [0.1, 0.15) is 0 Å². The van der Waals surface area contributed by atoms with E-state index in [1.54, 1.807) is 0 Å². The maximum absolute atomic E-state index is 6.40. The molecule has 0 N–H and O–H groups in total. The van der Waals surface area contributed by atoms with Crippen LogP contribution in [0.2, 0.25) is 39.3 Å². The van der Waals surface area contributed by atoms with Crippen molar-refractivity contribution in [3.8, 4) is 0 Å². The molecule has 0 spiro atoms. The lowest BCUT2D eigenvalue weighted by Crippen LogP contribution is -2.48. The Bertz CT molecular complexity index is 519. The van der Waals surface area contributed by atoms with Crippen molar-refractivity contribution in [1.29, 1.82) is 0 Å². The summed E-state index contributed by atoms with van der Waals surface area (Å²) in [5, 5.41) is 0. The number of allylic oxidation sites excluding steroid dienone is 2. The minimum Gasteiger partial charge on any atom is -0.385 e. The summed E-state index contributed by atoms with van der Waals surface area (Å²) < 4.78 is 12.8. The zero-order valence-electron chi connectivity index (χ0n) is 14.6. The second kappa shape index (κ2) is 6.28. The Morgan fingerprint density at radius 2 is 1.23 bits per heavy atom. The van der Waals surface area contributed by atoms with Crippen molar-refractivity contribution in [3.05, 3.63) is 60.2 Å². The van der Waals surface area contributed by atoms with Crippen molar-refractivity contribution in [2.45, 2.75) is 51.0 Å². The molecular weight excluding hydrogens is 304 g/mol. The lowest BCUT2D eigenvalue weighted by Gasteiger charge is -2.40. The molecule has 0 saturated heterocycles. The summed E-state index contributed by atoms with van der Waals surface area (Å²) in [7, 11) is -3.45. The summed E-state index contributed by atoms with van der Waals surface area (Å²) in [6.45, 7) is 13.2. The SMILES string of the molecule is C[Si](C)(C)OC1(O[Si](C)(C)C)C=CC(c2ccccc2)C=C1. The quantitative estimate of drug-likeness (QED) is 0.414. The molecule has 0 unspecified atom stereocenters. The zero-order chi connectivity index (χ0) is 16.4. The highest BCUT2D eigenvalue weighted by molar-refractivity contribution is 6.71. The van der Waals surface area contributed by atoms with Crippen LogP contribution in [0.5, 0.6) is 0 Å². The molecule has 0 heterocycles. The molecule has 0 aliphatic heterocycles. The standard InChI is InChI=1S/C18H28O2Si2/c1-21(2,3)19-18(20-22(4,5)6)14-12-17(13-15-18)16-10-8-7-9-11-16/h7-15,17H,1-6H3. The monoisotopic (exact) mass is 332 g/mol. The topological polar surface area (TPSA) is 18.5 Å². The van der Waals surface area contributed by atoms with Crippen LogP contribution in [0.25, 0.3) is 0 Å². The Morgan fingerprint density at radius 3 is 1.64 bits per heavy atom. The zero-order valence-corrected chi connectivity index (χ0v) is 16.6. The van der Waals surface area contributed by atoms with Crippen LogP contribution < -0.4 is 0 Å². The summed E-state index contributed by atoms with van der Waals surface area (Å²) in [5.74, 6) is -0.384. The van der Waals surface area contributed by atoms with Gasteiger partial charge in [0.05, 0.1) is 0 Å². The molecule has 0 atom stereocenters. The molecule has 1 aromatic rings. The van der Waals surface area contributed by atoms with Gasteiger partial charge in [-0.05, 0) is 57.0 Å². The van der Waals surface area contributed by atoms with Gasteiger partial charge < -0.3 is 8.85 Å². The van der Waals surface area contributed by atoms with E-state index in [0.29, 0.717) is 5.92 Å². The molecular formula is C18H28O2Si2. The molecule has 1 aliphatic carbocycles. The predicted octanol–water partition coefficient (Wildman–Crippen LogP) is 5.30. The maximum Gasteiger partial charge on any atom is 0.189 e. The van der Waals surface area contributed by atoms with Gasteiger partial charge in [-0.25, -0.2) is 0 Å². The van der Waals surface area contributed by atoms with Crippen LogP contribution in [0.1, 0.15) is 11.5 Å². The molecule has 2 nitrogen and oxygen atoms in total. The molecule has 0 amide bonds. The van der Waals surface area contributed by atoms with Gasteiger partial charge in [-0.3, -0.25) is 0 Å². The van der Waals surface area contributed by atoms with Crippen molar-refractivity contribution >= 4 is 16.6 Å². The van der Waals surface area contributed by atoms with Crippen molar-refractivity contribution in [3.63, 3.8) is 0 Å². The van der Waals surface area contributed by atoms with Crippen molar-refractivity contribution in [1.82, 2.24) is 0 Å². The van der Waals surface area contributed by atoms with Crippen molar-refractivity contribution in [2.75, 3.05) is 0 Å². The molecule has 0 saturated carbocycles.